The number of para-hydroxylation sites is 1. The van der Waals surface area contributed by atoms with Gasteiger partial charge in [-0.1, -0.05) is 35.9 Å². The Morgan fingerprint density at radius 1 is 1.13 bits per heavy atom. The van der Waals surface area contributed by atoms with Gasteiger partial charge in [0.1, 0.15) is 12.0 Å². The Hall–Kier alpha value is -3.32. The molecule has 2 aromatic carbocycles. The summed E-state index contributed by atoms with van der Waals surface area (Å²) >= 11 is 0. The molecule has 1 atom stereocenters. The number of methoxy groups -OCH3 is 1. The Bertz CT molecular complexity index is 982. The van der Waals surface area contributed by atoms with E-state index in [4.69, 9.17) is 9.15 Å². The van der Waals surface area contributed by atoms with Crippen molar-refractivity contribution < 1.29 is 13.9 Å². The summed E-state index contributed by atoms with van der Waals surface area (Å²) < 4.78 is 11.0. The molecule has 7 heteroatoms. The summed E-state index contributed by atoms with van der Waals surface area (Å²) in [6.07, 6.45) is 2.23. The summed E-state index contributed by atoms with van der Waals surface area (Å²) in [4.78, 5) is 18.8. The molecule has 1 unspecified atom stereocenters. The van der Waals surface area contributed by atoms with Crippen LogP contribution in [0.25, 0.3) is 11.5 Å². The molecule has 0 aliphatic rings. The van der Waals surface area contributed by atoms with Crippen LogP contribution in [0.2, 0.25) is 0 Å². The minimum absolute atomic E-state index is 0.00509. The van der Waals surface area contributed by atoms with E-state index in [1.807, 2.05) is 69.6 Å². The van der Waals surface area contributed by atoms with Crippen molar-refractivity contribution in [1.29, 1.82) is 0 Å². The second kappa shape index (κ2) is 10.6. The number of hydrogen-bond donors (Lipinski definition) is 2. The Kier molecular flexibility index (Phi) is 7.67. The molecule has 0 spiro atoms. The lowest BCUT2D eigenvalue weighted by molar-refractivity contribution is 0.232. The summed E-state index contributed by atoms with van der Waals surface area (Å²) in [5, 5.41) is 5.83. The van der Waals surface area contributed by atoms with Gasteiger partial charge in [-0.05, 0) is 39.2 Å². The van der Waals surface area contributed by atoms with Crippen LogP contribution < -0.4 is 15.4 Å². The molecule has 31 heavy (non-hydrogen) atoms. The van der Waals surface area contributed by atoms with Gasteiger partial charge in [0, 0.05) is 30.6 Å². The number of oxazole rings is 1. The van der Waals surface area contributed by atoms with Crippen LogP contribution in [-0.2, 0) is 6.42 Å². The van der Waals surface area contributed by atoms with Gasteiger partial charge in [-0.25, -0.2) is 9.78 Å². The van der Waals surface area contributed by atoms with Gasteiger partial charge in [0.05, 0.1) is 18.8 Å². The minimum Gasteiger partial charge on any atom is -0.496 e. The van der Waals surface area contributed by atoms with Gasteiger partial charge < -0.3 is 24.7 Å². The highest BCUT2D eigenvalue weighted by Crippen LogP contribution is 2.27. The number of aromatic nitrogens is 1. The predicted molar refractivity (Wildman–Crippen MR) is 121 cm³/mol. The number of nitrogens with one attached hydrogen (secondary N) is 2. The lowest BCUT2D eigenvalue weighted by atomic mass is 10.0. The quantitative estimate of drug-likeness (QED) is 0.548. The van der Waals surface area contributed by atoms with Crippen LogP contribution in [0.5, 0.6) is 5.75 Å². The van der Waals surface area contributed by atoms with Crippen LogP contribution >= 0.6 is 0 Å². The molecule has 2 N–H and O–H groups in total. The first kappa shape index (κ1) is 22.4. The minimum atomic E-state index is -0.219. The van der Waals surface area contributed by atoms with E-state index in [0.717, 1.165) is 22.6 Å². The zero-order valence-electron chi connectivity index (χ0n) is 18.5. The third-order valence-electron chi connectivity index (χ3n) is 5.09. The number of hydrogen-bond acceptors (Lipinski definition) is 5. The molecule has 3 rings (SSSR count). The van der Waals surface area contributed by atoms with Gasteiger partial charge in [-0.15, -0.1) is 0 Å². The van der Waals surface area contributed by atoms with Gasteiger partial charge in [-0.3, -0.25) is 0 Å². The van der Waals surface area contributed by atoms with Gasteiger partial charge in [0.15, 0.2) is 0 Å². The molecule has 0 saturated heterocycles. The predicted octanol–water partition coefficient (Wildman–Crippen LogP) is 3.80. The molecule has 0 radical (unpaired) electrons. The molecular weight excluding hydrogens is 392 g/mol. The average Bonchev–Trinajstić information content (AvgIpc) is 3.23. The van der Waals surface area contributed by atoms with Crippen molar-refractivity contribution in [3.8, 4) is 17.2 Å². The highest BCUT2D eigenvalue weighted by molar-refractivity contribution is 5.73. The molecular formula is C24H30N4O3. The van der Waals surface area contributed by atoms with Crippen molar-refractivity contribution in [1.82, 2.24) is 20.5 Å². The first-order valence-corrected chi connectivity index (χ1v) is 10.3. The van der Waals surface area contributed by atoms with Crippen molar-refractivity contribution >= 4 is 6.03 Å². The number of likely N-dealkylation sites (N-methyl/N-ethyl adjacent to an activating group) is 1. The number of rotatable bonds is 9. The molecule has 0 aliphatic heterocycles. The normalized spacial score (nSPS) is 11.9. The number of nitrogens with zero attached hydrogens (tertiary/aromatic N) is 2. The van der Waals surface area contributed by atoms with Crippen molar-refractivity contribution in [3.63, 3.8) is 0 Å². The van der Waals surface area contributed by atoms with E-state index in [1.54, 1.807) is 13.4 Å². The maximum absolute atomic E-state index is 12.3. The van der Waals surface area contributed by atoms with Crippen molar-refractivity contribution in [2.45, 2.75) is 19.4 Å². The van der Waals surface area contributed by atoms with Crippen LogP contribution in [-0.4, -0.2) is 50.2 Å². The summed E-state index contributed by atoms with van der Waals surface area (Å²) in [5.74, 6) is 1.39. The number of benzene rings is 2. The van der Waals surface area contributed by atoms with Gasteiger partial charge in [0.25, 0.3) is 0 Å². The zero-order chi connectivity index (χ0) is 22.2. The largest absolute Gasteiger partial charge is 0.496 e. The molecule has 2 amide bonds. The number of carbonyl (C=O) groups is 1. The molecule has 3 aromatic rings. The topological polar surface area (TPSA) is 79.6 Å². The van der Waals surface area contributed by atoms with Crippen LogP contribution in [0.4, 0.5) is 4.79 Å². The Morgan fingerprint density at radius 2 is 1.87 bits per heavy atom. The Balaban J connectivity index is 1.48. The lowest BCUT2D eigenvalue weighted by Gasteiger charge is -2.26. The van der Waals surface area contributed by atoms with Crippen LogP contribution in [0.3, 0.4) is 0 Å². The number of ether oxygens (including phenoxy) is 1. The monoisotopic (exact) mass is 422 g/mol. The van der Waals surface area contributed by atoms with Gasteiger partial charge in [-0.2, -0.15) is 0 Å². The van der Waals surface area contributed by atoms with E-state index in [9.17, 15) is 4.79 Å². The van der Waals surface area contributed by atoms with Gasteiger partial charge in [0.2, 0.25) is 5.89 Å². The fourth-order valence-corrected chi connectivity index (χ4v) is 3.32. The molecule has 164 valence electrons. The van der Waals surface area contributed by atoms with E-state index in [-0.39, 0.29) is 12.1 Å². The third-order valence-corrected chi connectivity index (χ3v) is 5.09. The first-order valence-electron chi connectivity index (χ1n) is 10.3. The van der Waals surface area contributed by atoms with E-state index in [2.05, 4.69) is 20.5 Å². The van der Waals surface area contributed by atoms with Crippen LogP contribution in [0.1, 0.15) is 22.9 Å². The molecule has 1 aromatic heterocycles. The molecule has 0 saturated carbocycles. The summed E-state index contributed by atoms with van der Waals surface area (Å²) in [6.45, 7) is 2.96. The fraction of sp³-hybridized carbons (Fsp3) is 0.333. The van der Waals surface area contributed by atoms with E-state index in [1.165, 1.54) is 5.56 Å². The third kappa shape index (κ3) is 6.08. The number of amides is 2. The van der Waals surface area contributed by atoms with Crippen molar-refractivity contribution in [2.24, 2.45) is 0 Å². The maximum Gasteiger partial charge on any atom is 0.314 e. The van der Waals surface area contributed by atoms with Crippen molar-refractivity contribution in [3.05, 3.63) is 71.6 Å². The van der Waals surface area contributed by atoms with E-state index in [0.29, 0.717) is 25.4 Å². The summed E-state index contributed by atoms with van der Waals surface area (Å²) in [6, 6.07) is 15.6. The first-order chi connectivity index (χ1) is 15.0. The molecule has 1 heterocycles. The molecule has 0 fully saturated rings. The van der Waals surface area contributed by atoms with Gasteiger partial charge >= 0.3 is 6.03 Å². The second-order valence-corrected chi connectivity index (χ2v) is 7.62. The average molecular weight is 423 g/mol. The number of urea groups is 1. The number of aryl methyl sites for hydroxylation is 1. The SMILES string of the molecule is COc1ccccc1C(CNC(=O)NCCc1coc(-c2ccc(C)cc2)n1)N(C)C. The van der Waals surface area contributed by atoms with E-state index < -0.39 is 0 Å². The lowest BCUT2D eigenvalue weighted by Crippen LogP contribution is -2.41. The molecule has 0 bridgehead atoms. The smallest absolute Gasteiger partial charge is 0.314 e. The fourth-order valence-electron chi connectivity index (χ4n) is 3.32. The van der Waals surface area contributed by atoms with E-state index >= 15 is 0 Å². The number of carbonyl (C=O) groups excluding carboxylic acids is 1. The highest BCUT2D eigenvalue weighted by Gasteiger charge is 2.19. The molecule has 7 nitrogen and oxygen atoms in total. The zero-order valence-corrected chi connectivity index (χ0v) is 18.5. The Morgan fingerprint density at radius 3 is 2.58 bits per heavy atom. The van der Waals surface area contributed by atoms with Crippen LogP contribution in [0.15, 0.2) is 59.2 Å². The Labute approximate surface area is 183 Å². The maximum atomic E-state index is 12.3. The summed E-state index contributed by atoms with van der Waals surface area (Å²) in [5.41, 5.74) is 3.96. The second-order valence-electron chi connectivity index (χ2n) is 7.62. The molecule has 0 aliphatic carbocycles. The highest BCUT2D eigenvalue weighted by atomic mass is 16.5. The standard InChI is InChI=1S/C24H30N4O3/c1-17-9-11-18(12-10-17)23-27-19(16-31-23)13-14-25-24(29)26-15-21(28(2)3)20-7-5-6-8-22(20)30-4/h5-12,16,21H,13-15H2,1-4H3,(H2,25,26,29). The van der Waals surface area contributed by atoms with Crippen LogP contribution in [0, 0.1) is 6.92 Å². The van der Waals surface area contributed by atoms with Crippen molar-refractivity contribution in [2.75, 3.05) is 34.3 Å². The summed E-state index contributed by atoms with van der Waals surface area (Å²) in [7, 11) is 5.61.